The van der Waals surface area contributed by atoms with Crippen LogP contribution < -0.4 is 10.6 Å². The molecule has 4 heteroatoms. The Bertz CT molecular complexity index is 243. The summed E-state index contributed by atoms with van der Waals surface area (Å²) in [7, 11) is 0. The van der Waals surface area contributed by atoms with Crippen LogP contribution in [0.25, 0.3) is 0 Å². The van der Waals surface area contributed by atoms with Gasteiger partial charge in [0.05, 0.1) is 6.54 Å². The molecule has 84 valence electrons. The Morgan fingerprint density at radius 2 is 1.80 bits per heavy atom. The van der Waals surface area contributed by atoms with Crippen LogP contribution in [0.15, 0.2) is 0 Å². The molecule has 0 atom stereocenters. The summed E-state index contributed by atoms with van der Waals surface area (Å²) in [6.07, 6.45) is 7.40. The van der Waals surface area contributed by atoms with E-state index < -0.39 is 0 Å². The molecule has 15 heavy (non-hydrogen) atoms. The average Bonchev–Trinajstić information content (AvgIpc) is 2.24. The van der Waals surface area contributed by atoms with E-state index in [4.69, 9.17) is 6.42 Å². The van der Waals surface area contributed by atoms with Crippen molar-refractivity contribution >= 4 is 11.8 Å². The molecule has 0 saturated heterocycles. The van der Waals surface area contributed by atoms with Crippen molar-refractivity contribution < 1.29 is 9.59 Å². The van der Waals surface area contributed by atoms with E-state index in [1.54, 1.807) is 0 Å². The lowest BCUT2D eigenvalue weighted by Gasteiger charge is -2.03. The van der Waals surface area contributed by atoms with Crippen LogP contribution in [0.3, 0.4) is 0 Å². The van der Waals surface area contributed by atoms with Gasteiger partial charge in [0.25, 0.3) is 0 Å². The molecule has 0 aliphatic heterocycles. The molecule has 0 fully saturated rings. The fraction of sp³-hybridized carbons (Fsp3) is 0.636. The van der Waals surface area contributed by atoms with E-state index in [-0.39, 0.29) is 31.2 Å². The fourth-order valence-corrected chi connectivity index (χ4v) is 0.958. The molecule has 0 heterocycles. The largest absolute Gasteiger partial charge is 0.356 e. The summed E-state index contributed by atoms with van der Waals surface area (Å²) in [5.74, 6) is 2.03. The molecule has 0 unspecified atom stereocenters. The molecular weight excluding hydrogens is 192 g/mol. The third-order valence-electron chi connectivity index (χ3n) is 1.82. The van der Waals surface area contributed by atoms with Gasteiger partial charge in [0, 0.05) is 19.4 Å². The van der Waals surface area contributed by atoms with Crippen molar-refractivity contribution in [1.82, 2.24) is 10.6 Å². The number of rotatable bonds is 7. The van der Waals surface area contributed by atoms with Gasteiger partial charge >= 0.3 is 0 Å². The second-order valence-corrected chi connectivity index (χ2v) is 3.18. The summed E-state index contributed by atoms with van der Waals surface area (Å²) in [4.78, 5) is 22.2. The number of nitrogens with one attached hydrogen (secondary N) is 2. The molecule has 0 bridgehead atoms. The van der Waals surface area contributed by atoms with Gasteiger partial charge in [-0.1, -0.05) is 19.3 Å². The topological polar surface area (TPSA) is 58.2 Å². The molecule has 0 radical (unpaired) electrons. The van der Waals surface area contributed by atoms with Gasteiger partial charge in [-0.3, -0.25) is 9.59 Å². The van der Waals surface area contributed by atoms with Crippen LogP contribution in [0, 0.1) is 12.3 Å². The SMILES string of the molecule is C#CCNC(=O)CCC(=O)NCCCC. The molecule has 0 saturated carbocycles. The second-order valence-electron chi connectivity index (χ2n) is 3.18. The van der Waals surface area contributed by atoms with Crippen LogP contribution in [0.1, 0.15) is 32.6 Å². The van der Waals surface area contributed by atoms with E-state index in [1.807, 2.05) is 0 Å². The van der Waals surface area contributed by atoms with Crippen LogP contribution in [0.4, 0.5) is 0 Å². The molecule has 0 aliphatic carbocycles. The second kappa shape index (κ2) is 9.07. The van der Waals surface area contributed by atoms with Crippen molar-refractivity contribution in [3.63, 3.8) is 0 Å². The quantitative estimate of drug-likeness (QED) is 0.473. The summed E-state index contributed by atoms with van der Waals surface area (Å²) in [5, 5.41) is 5.24. The van der Waals surface area contributed by atoms with Gasteiger partial charge in [0.15, 0.2) is 0 Å². The Morgan fingerprint density at radius 3 is 2.33 bits per heavy atom. The van der Waals surface area contributed by atoms with Crippen LogP contribution in [0.5, 0.6) is 0 Å². The van der Waals surface area contributed by atoms with E-state index >= 15 is 0 Å². The van der Waals surface area contributed by atoms with E-state index in [0.29, 0.717) is 6.54 Å². The molecule has 4 nitrogen and oxygen atoms in total. The maximum absolute atomic E-state index is 11.2. The number of carbonyl (C=O) groups excluding carboxylic acids is 2. The highest BCUT2D eigenvalue weighted by Gasteiger charge is 2.04. The first-order chi connectivity index (χ1) is 7.20. The predicted molar refractivity (Wildman–Crippen MR) is 59.0 cm³/mol. The van der Waals surface area contributed by atoms with Gasteiger partial charge < -0.3 is 10.6 Å². The van der Waals surface area contributed by atoms with Crippen molar-refractivity contribution in [2.24, 2.45) is 0 Å². The van der Waals surface area contributed by atoms with E-state index in [9.17, 15) is 9.59 Å². The third-order valence-corrected chi connectivity index (χ3v) is 1.82. The highest BCUT2D eigenvalue weighted by Crippen LogP contribution is 1.90. The Balaban J connectivity index is 3.45. The first-order valence-electron chi connectivity index (χ1n) is 5.17. The van der Waals surface area contributed by atoms with E-state index in [2.05, 4.69) is 23.5 Å². The van der Waals surface area contributed by atoms with Gasteiger partial charge in [0.1, 0.15) is 0 Å². The Morgan fingerprint density at radius 1 is 1.20 bits per heavy atom. The van der Waals surface area contributed by atoms with Crippen molar-refractivity contribution in [2.75, 3.05) is 13.1 Å². The van der Waals surface area contributed by atoms with Crippen LogP contribution in [-0.2, 0) is 9.59 Å². The van der Waals surface area contributed by atoms with Crippen molar-refractivity contribution in [3.8, 4) is 12.3 Å². The lowest BCUT2D eigenvalue weighted by atomic mass is 10.2. The Kier molecular flexibility index (Phi) is 8.16. The maximum Gasteiger partial charge on any atom is 0.221 e. The lowest BCUT2D eigenvalue weighted by Crippen LogP contribution is -2.28. The monoisotopic (exact) mass is 210 g/mol. The minimum absolute atomic E-state index is 0.0840. The van der Waals surface area contributed by atoms with Crippen LogP contribution in [-0.4, -0.2) is 24.9 Å². The first kappa shape index (κ1) is 13.5. The third kappa shape index (κ3) is 8.82. The first-order valence-corrected chi connectivity index (χ1v) is 5.17. The van der Waals surface area contributed by atoms with Gasteiger partial charge in [-0.2, -0.15) is 0 Å². The van der Waals surface area contributed by atoms with Crippen molar-refractivity contribution in [1.29, 1.82) is 0 Å². The summed E-state index contributed by atoms with van der Waals surface area (Å²) in [6.45, 7) is 2.96. The molecule has 0 aliphatic rings. The van der Waals surface area contributed by atoms with Crippen molar-refractivity contribution in [3.05, 3.63) is 0 Å². The van der Waals surface area contributed by atoms with Crippen LogP contribution in [0.2, 0.25) is 0 Å². The number of terminal acetylenes is 1. The lowest BCUT2D eigenvalue weighted by molar-refractivity contribution is -0.126. The molecular formula is C11H18N2O2. The van der Waals surface area contributed by atoms with Gasteiger partial charge in [-0.05, 0) is 6.42 Å². The minimum atomic E-state index is -0.182. The molecule has 0 aromatic heterocycles. The standard InChI is InChI=1S/C11H18N2O2/c1-3-5-9-13-11(15)7-6-10(14)12-8-4-2/h2H,3,5-9H2,1H3,(H,12,14)(H,13,15). The summed E-state index contributed by atoms with van der Waals surface area (Å²) >= 11 is 0. The summed E-state index contributed by atoms with van der Waals surface area (Å²) in [6, 6.07) is 0. The van der Waals surface area contributed by atoms with E-state index in [1.165, 1.54) is 0 Å². The van der Waals surface area contributed by atoms with Gasteiger partial charge in [-0.25, -0.2) is 0 Å². The van der Waals surface area contributed by atoms with Gasteiger partial charge in [0.2, 0.25) is 11.8 Å². The number of unbranched alkanes of at least 4 members (excludes halogenated alkanes) is 1. The molecule has 0 aromatic rings. The van der Waals surface area contributed by atoms with E-state index in [0.717, 1.165) is 12.8 Å². The average molecular weight is 210 g/mol. The Labute approximate surface area is 90.8 Å². The number of carbonyl (C=O) groups is 2. The zero-order valence-electron chi connectivity index (χ0n) is 9.14. The Hall–Kier alpha value is -1.50. The minimum Gasteiger partial charge on any atom is -0.356 e. The summed E-state index contributed by atoms with van der Waals surface area (Å²) in [5.41, 5.74) is 0. The zero-order valence-corrected chi connectivity index (χ0v) is 9.14. The van der Waals surface area contributed by atoms with Crippen LogP contribution >= 0.6 is 0 Å². The number of hydrogen-bond acceptors (Lipinski definition) is 2. The highest BCUT2D eigenvalue weighted by atomic mass is 16.2. The smallest absolute Gasteiger partial charge is 0.221 e. The van der Waals surface area contributed by atoms with Crippen molar-refractivity contribution in [2.45, 2.75) is 32.6 Å². The zero-order chi connectivity index (χ0) is 11.5. The molecule has 2 N–H and O–H groups in total. The summed E-state index contributed by atoms with van der Waals surface area (Å²) < 4.78 is 0. The molecule has 2 amide bonds. The molecule has 0 aromatic carbocycles. The maximum atomic E-state index is 11.2. The predicted octanol–water partition coefficient (Wildman–Crippen LogP) is 0.432. The molecule has 0 rings (SSSR count). The number of amides is 2. The fourth-order valence-electron chi connectivity index (χ4n) is 0.958. The highest BCUT2D eigenvalue weighted by molar-refractivity contribution is 5.83. The molecule has 0 spiro atoms. The van der Waals surface area contributed by atoms with Gasteiger partial charge in [-0.15, -0.1) is 6.42 Å². The number of hydrogen-bond donors (Lipinski definition) is 2. The normalized spacial score (nSPS) is 9.07.